The van der Waals surface area contributed by atoms with E-state index in [-0.39, 0.29) is 6.61 Å². The van der Waals surface area contributed by atoms with Gasteiger partial charge in [0, 0.05) is 6.61 Å². The van der Waals surface area contributed by atoms with Gasteiger partial charge in [-0.05, 0) is 38.0 Å². The van der Waals surface area contributed by atoms with Gasteiger partial charge in [0.1, 0.15) is 0 Å². The van der Waals surface area contributed by atoms with E-state index in [1.54, 1.807) is 6.92 Å². The van der Waals surface area contributed by atoms with Crippen LogP contribution in [0.15, 0.2) is 0 Å². The van der Waals surface area contributed by atoms with Gasteiger partial charge >= 0.3 is 0 Å². The Labute approximate surface area is 67.6 Å². The standard InChI is InChI=1S/C9H17FO/c1-7(10)5-8-3-2-4-9(8)6-11/h7-9,11H,2-6H2,1H3. The summed E-state index contributed by atoms with van der Waals surface area (Å²) in [4.78, 5) is 0. The number of hydrogen-bond donors (Lipinski definition) is 1. The predicted octanol–water partition coefficient (Wildman–Crippen LogP) is 2.14. The van der Waals surface area contributed by atoms with Crippen molar-refractivity contribution in [3.05, 3.63) is 0 Å². The van der Waals surface area contributed by atoms with Crippen molar-refractivity contribution in [2.24, 2.45) is 11.8 Å². The van der Waals surface area contributed by atoms with Gasteiger partial charge in [-0.1, -0.05) is 6.42 Å². The van der Waals surface area contributed by atoms with Gasteiger partial charge in [0.25, 0.3) is 0 Å². The highest BCUT2D eigenvalue weighted by Crippen LogP contribution is 2.34. The smallest absolute Gasteiger partial charge is 0.0976 e. The monoisotopic (exact) mass is 160 g/mol. The van der Waals surface area contributed by atoms with Crippen LogP contribution in [0.2, 0.25) is 0 Å². The van der Waals surface area contributed by atoms with E-state index in [1.165, 1.54) is 6.42 Å². The van der Waals surface area contributed by atoms with Crippen molar-refractivity contribution in [1.82, 2.24) is 0 Å². The van der Waals surface area contributed by atoms with Crippen molar-refractivity contribution in [2.75, 3.05) is 6.61 Å². The molecular formula is C9H17FO. The maximum absolute atomic E-state index is 12.6. The molecule has 1 aliphatic rings. The minimum atomic E-state index is -0.702. The quantitative estimate of drug-likeness (QED) is 0.670. The Bertz CT molecular complexity index is 114. The van der Waals surface area contributed by atoms with Crippen LogP contribution in [0.3, 0.4) is 0 Å². The first-order chi connectivity index (χ1) is 5.24. The fourth-order valence-electron chi connectivity index (χ4n) is 2.08. The number of hydrogen-bond acceptors (Lipinski definition) is 1. The molecule has 3 atom stereocenters. The lowest BCUT2D eigenvalue weighted by Crippen LogP contribution is -2.15. The number of aliphatic hydroxyl groups is 1. The zero-order valence-corrected chi connectivity index (χ0v) is 7.09. The molecule has 11 heavy (non-hydrogen) atoms. The van der Waals surface area contributed by atoms with E-state index in [9.17, 15) is 4.39 Å². The summed E-state index contributed by atoms with van der Waals surface area (Å²) >= 11 is 0. The molecule has 0 aromatic rings. The van der Waals surface area contributed by atoms with Gasteiger partial charge in [-0.25, -0.2) is 4.39 Å². The summed E-state index contributed by atoms with van der Waals surface area (Å²) in [7, 11) is 0. The summed E-state index contributed by atoms with van der Waals surface area (Å²) in [6.45, 7) is 1.85. The van der Waals surface area contributed by atoms with Gasteiger partial charge in [0.05, 0.1) is 6.17 Å². The largest absolute Gasteiger partial charge is 0.396 e. The Morgan fingerprint density at radius 3 is 2.64 bits per heavy atom. The van der Waals surface area contributed by atoms with Crippen LogP contribution in [0.1, 0.15) is 32.6 Å². The molecule has 1 nitrogen and oxygen atoms in total. The Morgan fingerprint density at radius 1 is 1.45 bits per heavy atom. The molecule has 0 saturated heterocycles. The minimum Gasteiger partial charge on any atom is -0.396 e. The normalized spacial score (nSPS) is 34.1. The summed E-state index contributed by atoms with van der Waals surface area (Å²) in [6.07, 6.45) is 3.31. The Kier molecular flexibility index (Phi) is 3.31. The van der Waals surface area contributed by atoms with Crippen molar-refractivity contribution in [2.45, 2.75) is 38.8 Å². The fraction of sp³-hybridized carbons (Fsp3) is 1.00. The summed E-state index contributed by atoms with van der Waals surface area (Å²) in [5.41, 5.74) is 0. The van der Waals surface area contributed by atoms with Gasteiger partial charge in [-0.15, -0.1) is 0 Å². The molecule has 0 aromatic heterocycles. The summed E-state index contributed by atoms with van der Waals surface area (Å²) in [6, 6.07) is 0. The van der Waals surface area contributed by atoms with Crippen LogP contribution < -0.4 is 0 Å². The van der Waals surface area contributed by atoms with E-state index in [0.29, 0.717) is 18.3 Å². The second kappa shape index (κ2) is 4.05. The Hall–Kier alpha value is -0.110. The molecule has 1 saturated carbocycles. The highest BCUT2D eigenvalue weighted by atomic mass is 19.1. The fourth-order valence-corrected chi connectivity index (χ4v) is 2.08. The SMILES string of the molecule is CC(F)CC1CCCC1CO. The Balaban J connectivity index is 2.31. The molecule has 1 fully saturated rings. The molecule has 2 heteroatoms. The van der Waals surface area contributed by atoms with Crippen molar-refractivity contribution in [3.63, 3.8) is 0 Å². The molecule has 1 rings (SSSR count). The average Bonchev–Trinajstić information content (AvgIpc) is 2.34. The maximum Gasteiger partial charge on any atom is 0.0976 e. The molecule has 0 bridgehead atoms. The molecule has 0 aromatic carbocycles. The zero-order valence-electron chi connectivity index (χ0n) is 7.09. The topological polar surface area (TPSA) is 20.2 Å². The number of rotatable bonds is 3. The summed E-state index contributed by atoms with van der Waals surface area (Å²) in [5, 5.41) is 8.93. The van der Waals surface area contributed by atoms with Crippen LogP contribution in [-0.4, -0.2) is 17.9 Å². The molecular weight excluding hydrogens is 143 g/mol. The van der Waals surface area contributed by atoms with E-state index in [0.717, 1.165) is 12.8 Å². The van der Waals surface area contributed by atoms with Gasteiger partial charge in [-0.3, -0.25) is 0 Å². The first-order valence-electron chi connectivity index (χ1n) is 4.49. The molecule has 1 aliphatic carbocycles. The maximum atomic E-state index is 12.6. The van der Waals surface area contributed by atoms with E-state index < -0.39 is 6.17 Å². The highest BCUT2D eigenvalue weighted by Gasteiger charge is 2.27. The van der Waals surface area contributed by atoms with E-state index in [2.05, 4.69) is 0 Å². The van der Waals surface area contributed by atoms with Crippen molar-refractivity contribution in [1.29, 1.82) is 0 Å². The minimum absolute atomic E-state index is 0.247. The second-order valence-electron chi connectivity index (χ2n) is 3.65. The molecule has 0 aliphatic heterocycles. The first kappa shape index (κ1) is 8.98. The summed E-state index contributed by atoms with van der Waals surface area (Å²) < 4.78 is 12.6. The second-order valence-corrected chi connectivity index (χ2v) is 3.65. The highest BCUT2D eigenvalue weighted by molar-refractivity contribution is 4.78. The third-order valence-corrected chi connectivity index (χ3v) is 2.68. The van der Waals surface area contributed by atoms with Gasteiger partial charge in [-0.2, -0.15) is 0 Å². The van der Waals surface area contributed by atoms with E-state index >= 15 is 0 Å². The lowest BCUT2D eigenvalue weighted by Gasteiger charge is -2.17. The van der Waals surface area contributed by atoms with Gasteiger partial charge in [0.2, 0.25) is 0 Å². The van der Waals surface area contributed by atoms with Gasteiger partial charge < -0.3 is 5.11 Å². The summed E-state index contributed by atoms with van der Waals surface area (Å²) in [5.74, 6) is 0.827. The molecule has 66 valence electrons. The molecule has 0 heterocycles. The van der Waals surface area contributed by atoms with Crippen LogP contribution in [0.25, 0.3) is 0 Å². The van der Waals surface area contributed by atoms with Gasteiger partial charge in [0.15, 0.2) is 0 Å². The third kappa shape index (κ3) is 2.44. The zero-order chi connectivity index (χ0) is 8.27. The third-order valence-electron chi connectivity index (χ3n) is 2.68. The Morgan fingerprint density at radius 2 is 2.09 bits per heavy atom. The number of aliphatic hydroxyl groups excluding tert-OH is 1. The van der Waals surface area contributed by atoms with Crippen LogP contribution in [0.5, 0.6) is 0 Å². The van der Waals surface area contributed by atoms with Crippen molar-refractivity contribution in [3.8, 4) is 0 Å². The predicted molar refractivity (Wildman–Crippen MR) is 43.1 cm³/mol. The molecule has 0 spiro atoms. The van der Waals surface area contributed by atoms with Crippen LogP contribution >= 0.6 is 0 Å². The van der Waals surface area contributed by atoms with Crippen LogP contribution in [-0.2, 0) is 0 Å². The molecule has 3 unspecified atom stereocenters. The van der Waals surface area contributed by atoms with Crippen LogP contribution in [0, 0.1) is 11.8 Å². The molecule has 1 N–H and O–H groups in total. The first-order valence-corrected chi connectivity index (χ1v) is 4.49. The van der Waals surface area contributed by atoms with Crippen LogP contribution in [0.4, 0.5) is 4.39 Å². The molecule has 0 radical (unpaired) electrons. The number of alkyl halides is 1. The lowest BCUT2D eigenvalue weighted by molar-refractivity contribution is 0.169. The van der Waals surface area contributed by atoms with E-state index in [1.807, 2.05) is 0 Å². The van der Waals surface area contributed by atoms with E-state index in [4.69, 9.17) is 5.11 Å². The van der Waals surface area contributed by atoms with Crippen molar-refractivity contribution >= 4 is 0 Å². The average molecular weight is 160 g/mol. The number of halogens is 1. The molecule has 0 amide bonds. The lowest BCUT2D eigenvalue weighted by atomic mass is 9.92. The van der Waals surface area contributed by atoms with Crippen molar-refractivity contribution < 1.29 is 9.50 Å².